The van der Waals surface area contributed by atoms with Gasteiger partial charge in [0, 0.05) is 23.5 Å². The van der Waals surface area contributed by atoms with E-state index < -0.39 is 6.04 Å². The molecule has 2 atom stereocenters. The largest absolute Gasteiger partial charge is 0.483 e. The highest BCUT2D eigenvalue weighted by Crippen LogP contribution is 2.24. The van der Waals surface area contributed by atoms with E-state index in [4.69, 9.17) is 4.74 Å². The third kappa shape index (κ3) is 8.19. The van der Waals surface area contributed by atoms with E-state index in [0.717, 1.165) is 38.7 Å². The van der Waals surface area contributed by atoms with Gasteiger partial charge in [0.1, 0.15) is 11.8 Å². The topological polar surface area (TPSA) is 58.6 Å². The minimum absolute atomic E-state index is 0.00256. The summed E-state index contributed by atoms with van der Waals surface area (Å²) in [6.07, 6.45) is 1.21. The molecule has 0 spiro atoms. The highest BCUT2D eigenvalue weighted by atomic mass is 79.9. The molecule has 5 nitrogen and oxygen atoms in total. The number of hydrogen-bond donors (Lipinski definition) is 1. The van der Waals surface area contributed by atoms with Gasteiger partial charge in [-0.05, 0) is 80.1 Å². The van der Waals surface area contributed by atoms with E-state index in [2.05, 4.69) is 27.3 Å². The van der Waals surface area contributed by atoms with Crippen molar-refractivity contribution in [2.45, 2.75) is 66.1 Å². The predicted molar refractivity (Wildman–Crippen MR) is 153 cm³/mol. The Hall–Kier alpha value is -3.12. The molecule has 2 amide bonds. The predicted octanol–water partition coefficient (Wildman–Crippen LogP) is 6.31. The second kappa shape index (κ2) is 13.4. The first-order chi connectivity index (χ1) is 17.7. The van der Waals surface area contributed by atoms with Gasteiger partial charge in [-0.25, -0.2) is 0 Å². The molecule has 0 radical (unpaired) electrons. The summed E-state index contributed by atoms with van der Waals surface area (Å²) in [7, 11) is 0. The zero-order valence-electron chi connectivity index (χ0n) is 22.4. The quantitative estimate of drug-likeness (QED) is 0.297. The van der Waals surface area contributed by atoms with Crippen molar-refractivity contribution in [3.8, 4) is 5.75 Å². The van der Waals surface area contributed by atoms with Crippen LogP contribution < -0.4 is 10.1 Å². The maximum Gasteiger partial charge on any atom is 0.261 e. The first kappa shape index (κ1) is 28.5. The fourth-order valence-electron chi connectivity index (χ4n) is 4.20. The zero-order chi connectivity index (χ0) is 26.9. The number of benzene rings is 3. The molecule has 0 aliphatic rings. The summed E-state index contributed by atoms with van der Waals surface area (Å²) in [5.74, 6) is 0.291. The molecule has 0 fully saturated rings. The molecule has 0 aliphatic heterocycles. The lowest BCUT2D eigenvalue weighted by Crippen LogP contribution is -2.53. The van der Waals surface area contributed by atoms with Crippen LogP contribution in [0, 0.1) is 20.8 Å². The molecule has 0 heterocycles. The van der Waals surface area contributed by atoms with Gasteiger partial charge in [0.05, 0.1) is 0 Å². The Kier molecular flexibility index (Phi) is 10.3. The Morgan fingerprint density at radius 1 is 0.973 bits per heavy atom. The van der Waals surface area contributed by atoms with Crippen molar-refractivity contribution in [2.24, 2.45) is 0 Å². The minimum Gasteiger partial charge on any atom is -0.483 e. The summed E-state index contributed by atoms with van der Waals surface area (Å²) in [6, 6.07) is 21.0. The van der Waals surface area contributed by atoms with Crippen LogP contribution in [-0.4, -0.2) is 35.4 Å². The first-order valence-corrected chi connectivity index (χ1v) is 13.6. The maximum atomic E-state index is 13.8. The number of amides is 2. The molecule has 1 N–H and O–H groups in total. The van der Waals surface area contributed by atoms with Crippen LogP contribution >= 0.6 is 15.9 Å². The molecule has 196 valence electrons. The Morgan fingerprint density at radius 3 is 2.35 bits per heavy atom. The summed E-state index contributed by atoms with van der Waals surface area (Å²) >= 11 is 3.53. The average molecular weight is 566 g/mol. The summed E-state index contributed by atoms with van der Waals surface area (Å²) in [5, 5.41) is 3.10. The fraction of sp³-hybridized carbons (Fsp3) is 0.355. The van der Waals surface area contributed by atoms with E-state index in [1.54, 1.807) is 4.90 Å². The summed E-state index contributed by atoms with van der Waals surface area (Å²) < 4.78 is 6.97. The molecule has 6 heteroatoms. The lowest BCUT2D eigenvalue weighted by atomic mass is 10.0. The molecule has 3 aromatic carbocycles. The van der Waals surface area contributed by atoms with Gasteiger partial charge in [0.15, 0.2) is 6.61 Å². The van der Waals surface area contributed by atoms with Crippen LogP contribution in [0.4, 0.5) is 0 Å². The number of nitrogens with zero attached hydrogens (tertiary/aromatic N) is 1. The first-order valence-electron chi connectivity index (χ1n) is 12.8. The van der Waals surface area contributed by atoms with Gasteiger partial charge in [-0.2, -0.15) is 0 Å². The van der Waals surface area contributed by atoms with E-state index in [-0.39, 0.29) is 24.5 Å². The third-order valence-electron chi connectivity index (χ3n) is 6.63. The van der Waals surface area contributed by atoms with Gasteiger partial charge in [-0.1, -0.05) is 71.4 Å². The molecule has 0 saturated heterocycles. The third-order valence-corrected chi connectivity index (χ3v) is 7.12. The molecule has 0 bridgehead atoms. The smallest absolute Gasteiger partial charge is 0.261 e. The van der Waals surface area contributed by atoms with E-state index >= 15 is 0 Å². The molecule has 3 rings (SSSR count). The lowest BCUT2D eigenvalue weighted by Gasteiger charge is -2.32. The van der Waals surface area contributed by atoms with Gasteiger partial charge in [-0.3, -0.25) is 9.59 Å². The monoisotopic (exact) mass is 564 g/mol. The van der Waals surface area contributed by atoms with Crippen molar-refractivity contribution in [3.63, 3.8) is 0 Å². The zero-order valence-corrected chi connectivity index (χ0v) is 24.0. The van der Waals surface area contributed by atoms with E-state index in [1.807, 2.05) is 95.3 Å². The van der Waals surface area contributed by atoms with Crippen LogP contribution in [0.5, 0.6) is 5.75 Å². The van der Waals surface area contributed by atoms with Crippen molar-refractivity contribution in [3.05, 3.63) is 99.0 Å². The van der Waals surface area contributed by atoms with Crippen LogP contribution in [0.25, 0.3) is 0 Å². The summed E-state index contributed by atoms with van der Waals surface area (Å²) in [5.41, 5.74) is 5.12. The highest BCUT2D eigenvalue weighted by Gasteiger charge is 2.31. The van der Waals surface area contributed by atoms with Crippen LogP contribution in [0.15, 0.2) is 71.2 Å². The number of rotatable bonds is 11. The lowest BCUT2D eigenvalue weighted by molar-refractivity contribution is -0.143. The van der Waals surface area contributed by atoms with E-state index in [0.29, 0.717) is 18.7 Å². The average Bonchev–Trinajstić information content (AvgIpc) is 2.87. The molecule has 0 aromatic heterocycles. The maximum absolute atomic E-state index is 13.8. The Balaban J connectivity index is 1.95. The number of carbonyl (C=O) groups excluding carboxylic acids is 2. The molecular weight excluding hydrogens is 528 g/mol. The Bertz CT molecular complexity index is 1210. The number of ether oxygens (including phenoxy) is 1. The van der Waals surface area contributed by atoms with Crippen molar-refractivity contribution < 1.29 is 14.3 Å². The fourth-order valence-corrected chi connectivity index (χ4v) is 4.65. The van der Waals surface area contributed by atoms with Crippen LogP contribution in [0.3, 0.4) is 0 Å². The molecule has 37 heavy (non-hydrogen) atoms. The van der Waals surface area contributed by atoms with Crippen molar-refractivity contribution in [2.75, 3.05) is 6.61 Å². The number of halogens is 1. The normalized spacial score (nSPS) is 12.5. The minimum atomic E-state index is -0.688. The van der Waals surface area contributed by atoms with Gasteiger partial charge in [0.2, 0.25) is 5.91 Å². The molecule has 0 aliphatic carbocycles. The molecule has 0 saturated carbocycles. The number of nitrogens with one attached hydrogen (secondary N) is 1. The second-order valence-corrected chi connectivity index (χ2v) is 10.6. The number of carbonyl (C=O) groups is 2. The van der Waals surface area contributed by atoms with Gasteiger partial charge < -0.3 is 15.0 Å². The summed E-state index contributed by atoms with van der Waals surface area (Å²) in [4.78, 5) is 29.0. The van der Waals surface area contributed by atoms with E-state index in [1.165, 1.54) is 0 Å². The standard InChI is InChI=1S/C31H37BrN2O3/c1-6-23(4)33-31(36)28(18-25-11-8-7-9-12-25)34(19-26-13-10-14-27(32)17-26)30(35)20-37-29-16-21(2)15-22(3)24(29)5/h7-17,23,28H,6,18-20H2,1-5H3,(H,33,36)/t23-,28+/m1/s1. The van der Waals surface area contributed by atoms with Gasteiger partial charge in [-0.15, -0.1) is 0 Å². The van der Waals surface area contributed by atoms with Crippen LogP contribution in [-0.2, 0) is 22.6 Å². The number of aryl methyl sites for hydroxylation is 2. The second-order valence-electron chi connectivity index (χ2n) is 9.67. The van der Waals surface area contributed by atoms with Crippen molar-refractivity contribution in [1.29, 1.82) is 0 Å². The SMILES string of the molecule is CC[C@@H](C)NC(=O)[C@H](Cc1ccccc1)N(Cc1cccc(Br)c1)C(=O)COc1cc(C)cc(C)c1C. The van der Waals surface area contributed by atoms with Gasteiger partial charge in [0.25, 0.3) is 5.91 Å². The van der Waals surface area contributed by atoms with Crippen molar-refractivity contribution in [1.82, 2.24) is 10.2 Å². The van der Waals surface area contributed by atoms with E-state index in [9.17, 15) is 9.59 Å². The number of hydrogen-bond acceptors (Lipinski definition) is 3. The Morgan fingerprint density at radius 2 is 1.68 bits per heavy atom. The molecular formula is C31H37BrN2O3. The van der Waals surface area contributed by atoms with Gasteiger partial charge >= 0.3 is 0 Å². The molecule has 0 unspecified atom stereocenters. The highest BCUT2D eigenvalue weighted by molar-refractivity contribution is 9.10. The van der Waals surface area contributed by atoms with Crippen molar-refractivity contribution >= 4 is 27.7 Å². The van der Waals surface area contributed by atoms with Crippen LogP contribution in [0.1, 0.15) is 48.1 Å². The summed E-state index contributed by atoms with van der Waals surface area (Å²) in [6.45, 7) is 10.2. The molecule has 3 aromatic rings. The Labute approximate surface area is 229 Å². The van der Waals surface area contributed by atoms with Crippen LogP contribution in [0.2, 0.25) is 0 Å².